The van der Waals surface area contributed by atoms with E-state index in [1.165, 1.54) is 59.4 Å². The van der Waals surface area contributed by atoms with E-state index in [2.05, 4.69) is 10.4 Å². The highest BCUT2D eigenvalue weighted by atomic mass is 16.7. The fourth-order valence-electron chi connectivity index (χ4n) is 7.40. The van der Waals surface area contributed by atoms with Gasteiger partial charge in [-0.2, -0.15) is 5.10 Å². The monoisotopic (exact) mass is 795 g/mol. The fraction of sp³-hybridized carbons (Fsp3) is 0.524. The van der Waals surface area contributed by atoms with Crippen molar-refractivity contribution in [2.24, 2.45) is 28.8 Å². The van der Waals surface area contributed by atoms with Crippen LogP contribution in [0.4, 0.5) is 5.69 Å². The number of rotatable bonds is 6. The maximum Gasteiger partial charge on any atom is 0.312 e. The molecule has 3 aliphatic rings. The zero-order valence-electron chi connectivity index (χ0n) is 34.5. The van der Waals surface area contributed by atoms with Gasteiger partial charge in [0.1, 0.15) is 23.4 Å². The van der Waals surface area contributed by atoms with Crippen LogP contribution in [0.3, 0.4) is 0 Å². The molecule has 2 aromatic rings. The van der Waals surface area contributed by atoms with Crippen LogP contribution in [0.1, 0.15) is 83.8 Å². The molecule has 9 unspecified atom stereocenters. The number of methoxy groups -OCH3 is 1. The molecule has 9 atom stereocenters. The maximum atomic E-state index is 14.4. The van der Waals surface area contributed by atoms with Gasteiger partial charge in [-0.15, -0.1) is 0 Å². The van der Waals surface area contributed by atoms with E-state index >= 15 is 0 Å². The lowest BCUT2D eigenvalue weighted by Crippen LogP contribution is -2.46. The number of aliphatic hydroxyl groups excluding tert-OH is 2. The summed E-state index contributed by atoms with van der Waals surface area (Å²) in [5.41, 5.74) is -0.392. The lowest BCUT2D eigenvalue weighted by atomic mass is 9.78. The first kappa shape index (κ1) is 44.6. The lowest BCUT2D eigenvalue weighted by molar-refractivity contribution is -0.160. The number of hydrogen-bond donors (Lipinski definition) is 6. The number of Topliss-reactive ketones (excluding diaryl/α,β-unsaturated/α-hetero) is 1. The summed E-state index contributed by atoms with van der Waals surface area (Å²) in [5.74, 6) is -8.38. The second-order valence-corrected chi connectivity index (χ2v) is 15.0. The number of carbonyl (C=O) groups is 3. The molecule has 6 N–H and O–H groups in total. The Labute approximate surface area is 333 Å². The van der Waals surface area contributed by atoms with Crippen molar-refractivity contribution in [2.75, 3.05) is 25.5 Å². The number of esters is 1. The van der Waals surface area contributed by atoms with E-state index in [1.807, 2.05) is 13.8 Å². The summed E-state index contributed by atoms with van der Waals surface area (Å²) in [6, 6.07) is 0. The first-order valence-electron chi connectivity index (χ1n) is 19.1. The van der Waals surface area contributed by atoms with Crippen LogP contribution in [0.2, 0.25) is 0 Å². The SMILES string of the molecule is CCN(CC)/N=C/c1c2c(O)c3c(O)c(C)c4c(c3c1O)C(=O)C(C)(O/C=C/C(OC)C(C)C(OC(C)=O)C(C)C(O)C(C)C(O)C(C)/C=C/C=C(\C)C(=O)N2)O4. The fourth-order valence-corrected chi connectivity index (χ4v) is 7.40. The second kappa shape index (κ2) is 18.0. The number of aliphatic hydroxyl groups is 2. The summed E-state index contributed by atoms with van der Waals surface area (Å²) in [7, 11) is 1.43. The molecule has 5 bridgehead atoms. The molecule has 15 nitrogen and oxygen atoms in total. The number of fused-ring (bicyclic) bond motifs is 14. The molecule has 57 heavy (non-hydrogen) atoms. The van der Waals surface area contributed by atoms with Crippen molar-refractivity contribution >= 4 is 40.3 Å². The van der Waals surface area contributed by atoms with Crippen molar-refractivity contribution in [3.8, 4) is 23.0 Å². The van der Waals surface area contributed by atoms with Crippen molar-refractivity contribution in [3.63, 3.8) is 0 Å². The predicted molar refractivity (Wildman–Crippen MR) is 214 cm³/mol. The highest BCUT2D eigenvalue weighted by Gasteiger charge is 2.50. The van der Waals surface area contributed by atoms with Crippen LogP contribution in [0.15, 0.2) is 41.2 Å². The molecule has 0 saturated heterocycles. The third-order valence-corrected chi connectivity index (χ3v) is 11.1. The number of ether oxygens (including phenoxy) is 4. The molecule has 0 aliphatic carbocycles. The molecule has 312 valence electrons. The second-order valence-electron chi connectivity index (χ2n) is 15.0. The number of nitrogens with one attached hydrogen (secondary N) is 1. The molecule has 2 aromatic carbocycles. The van der Waals surface area contributed by atoms with E-state index in [0.717, 1.165) is 0 Å². The van der Waals surface area contributed by atoms with Crippen LogP contribution in [0.5, 0.6) is 23.0 Å². The van der Waals surface area contributed by atoms with Crippen LogP contribution in [0.25, 0.3) is 10.8 Å². The number of hydrogen-bond acceptors (Lipinski definition) is 14. The van der Waals surface area contributed by atoms with Crippen molar-refractivity contribution in [3.05, 3.63) is 52.8 Å². The minimum absolute atomic E-state index is 0.0520. The lowest BCUT2D eigenvalue weighted by Gasteiger charge is -2.38. The molecule has 1 amide bonds. The molecule has 0 spiro atoms. The molecule has 3 heterocycles. The summed E-state index contributed by atoms with van der Waals surface area (Å²) in [6.45, 7) is 17.2. The van der Waals surface area contributed by atoms with Gasteiger partial charge in [0.25, 0.3) is 11.7 Å². The van der Waals surface area contributed by atoms with Gasteiger partial charge >= 0.3 is 11.8 Å². The number of anilines is 1. The van der Waals surface area contributed by atoms with Gasteiger partial charge < -0.3 is 49.8 Å². The Balaban J connectivity index is 1.99. The average molecular weight is 796 g/mol. The van der Waals surface area contributed by atoms with Crippen molar-refractivity contribution in [1.82, 2.24) is 5.01 Å². The Morgan fingerprint density at radius 2 is 1.61 bits per heavy atom. The zero-order valence-corrected chi connectivity index (χ0v) is 34.5. The number of allylic oxidation sites excluding steroid dienone is 2. The van der Waals surface area contributed by atoms with E-state index < -0.39 is 88.8 Å². The molecule has 0 fully saturated rings. The van der Waals surface area contributed by atoms with Gasteiger partial charge in [0.05, 0.1) is 53.0 Å². The molecule has 3 aliphatic heterocycles. The summed E-state index contributed by atoms with van der Waals surface area (Å²) >= 11 is 0. The number of amides is 1. The highest BCUT2D eigenvalue weighted by Crippen LogP contribution is 2.55. The molecule has 15 heteroatoms. The van der Waals surface area contributed by atoms with Gasteiger partial charge in [-0.05, 0) is 33.8 Å². The summed E-state index contributed by atoms with van der Waals surface area (Å²) in [6.07, 6.45) is 4.79. The third-order valence-electron chi connectivity index (χ3n) is 11.1. The smallest absolute Gasteiger partial charge is 0.312 e. The van der Waals surface area contributed by atoms with E-state index in [4.69, 9.17) is 18.9 Å². The summed E-state index contributed by atoms with van der Waals surface area (Å²) in [4.78, 5) is 40.3. The number of carbonyl (C=O) groups excluding carboxylic acids is 3. The molecule has 0 aromatic heterocycles. The Hall–Kier alpha value is -5.12. The third kappa shape index (κ3) is 8.75. The maximum absolute atomic E-state index is 14.4. The van der Waals surface area contributed by atoms with Gasteiger partial charge in [-0.3, -0.25) is 19.4 Å². The number of aromatic hydroxyl groups is 3. The Kier molecular flexibility index (Phi) is 14.1. The van der Waals surface area contributed by atoms with Crippen LogP contribution in [-0.4, -0.2) is 105 Å². The van der Waals surface area contributed by atoms with E-state index in [9.17, 15) is 39.9 Å². The minimum atomic E-state index is -2.04. The quantitative estimate of drug-likeness (QED) is 0.0708. The summed E-state index contributed by atoms with van der Waals surface area (Å²) in [5, 5.41) is 66.3. The van der Waals surface area contributed by atoms with Gasteiger partial charge in [-0.25, -0.2) is 0 Å². The van der Waals surface area contributed by atoms with Crippen LogP contribution in [-0.2, 0) is 23.8 Å². The largest absolute Gasteiger partial charge is 0.507 e. The number of ketones is 1. The van der Waals surface area contributed by atoms with Crippen molar-refractivity contribution in [1.29, 1.82) is 0 Å². The molecular formula is C42H57N3O12. The van der Waals surface area contributed by atoms with E-state index in [0.29, 0.717) is 13.1 Å². The minimum Gasteiger partial charge on any atom is -0.507 e. The van der Waals surface area contributed by atoms with Crippen molar-refractivity contribution in [2.45, 2.75) is 99.4 Å². The number of benzene rings is 2. The number of nitrogens with zero attached hydrogens (tertiary/aromatic N) is 2. The van der Waals surface area contributed by atoms with Gasteiger partial charge in [0.2, 0.25) is 0 Å². The molecule has 0 radical (unpaired) electrons. The molecule has 0 saturated carbocycles. The average Bonchev–Trinajstić information content (AvgIpc) is 3.44. The Bertz CT molecular complexity index is 1990. The van der Waals surface area contributed by atoms with E-state index in [-0.39, 0.29) is 44.5 Å². The van der Waals surface area contributed by atoms with Gasteiger partial charge in [0.15, 0.2) is 5.75 Å². The normalized spacial score (nSPS) is 30.7. The molecule has 5 rings (SSSR count). The highest BCUT2D eigenvalue weighted by molar-refractivity contribution is 6.23. The Morgan fingerprint density at radius 1 is 0.965 bits per heavy atom. The summed E-state index contributed by atoms with van der Waals surface area (Å²) < 4.78 is 23.5. The van der Waals surface area contributed by atoms with Crippen LogP contribution in [0, 0.1) is 30.6 Å². The van der Waals surface area contributed by atoms with Gasteiger partial charge in [0, 0.05) is 74.2 Å². The van der Waals surface area contributed by atoms with Crippen molar-refractivity contribution < 1.29 is 58.9 Å². The Morgan fingerprint density at radius 3 is 2.21 bits per heavy atom. The molecular weight excluding hydrogens is 738 g/mol. The van der Waals surface area contributed by atoms with Crippen LogP contribution >= 0.6 is 0 Å². The number of phenols is 3. The zero-order chi connectivity index (χ0) is 42.7. The first-order valence-corrected chi connectivity index (χ1v) is 19.1. The predicted octanol–water partition coefficient (Wildman–Crippen LogP) is 5.43. The van der Waals surface area contributed by atoms with E-state index in [1.54, 1.807) is 44.9 Å². The standard InChI is InChI=1S/C42H57N3O12/c1-12-45(13-2)43-19-27-32-37(51)30-29(36(27)50)31-39(25(8)35(30)49)57-42(10,40(31)52)55-18-17-28(54-11)22(5)38(56-26(9)46)24(7)34(48)23(6)33(47)20(3)15-14-16-21(4)41(53)44-32/h14-20,22-24,28,33-34,38,47-51H,12-13H2,1-11H3,(H,44,53)/b15-14+,18-17+,21-16+,43-19+. The number of phenolic OH excluding ortho intramolecular Hbond substituents is 3. The number of hydrazone groups is 1. The van der Waals surface area contributed by atoms with Gasteiger partial charge in [-0.1, -0.05) is 45.9 Å². The van der Waals surface area contributed by atoms with Crippen LogP contribution < -0.4 is 10.1 Å². The first-order chi connectivity index (χ1) is 26.8. The topological polar surface area (TPSA) is 217 Å².